The Balaban J connectivity index is 2.03. The van der Waals surface area contributed by atoms with Gasteiger partial charge in [0.2, 0.25) is 0 Å². The van der Waals surface area contributed by atoms with E-state index in [9.17, 15) is 8.78 Å². The van der Waals surface area contributed by atoms with Crippen LogP contribution in [0.3, 0.4) is 0 Å². The molecule has 21 heavy (non-hydrogen) atoms. The van der Waals surface area contributed by atoms with Gasteiger partial charge in [-0.3, -0.25) is 4.98 Å². The minimum atomic E-state index is -0.669. The van der Waals surface area contributed by atoms with Crippen LogP contribution < -0.4 is 10.1 Å². The minimum Gasteiger partial charge on any atom is -0.457 e. The first-order chi connectivity index (χ1) is 10.0. The fraction of sp³-hybridized carbons (Fsp3) is 0.312. The largest absolute Gasteiger partial charge is 0.457 e. The van der Waals surface area contributed by atoms with Crippen molar-refractivity contribution in [2.75, 3.05) is 6.54 Å². The van der Waals surface area contributed by atoms with Gasteiger partial charge in [0, 0.05) is 37.0 Å². The maximum absolute atomic E-state index is 13.1. The van der Waals surface area contributed by atoms with Crippen LogP contribution in [-0.2, 0) is 6.54 Å². The van der Waals surface area contributed by atoms with E-state index in [1.54, 1.807) is 18.3 Å². The lowest BCUT2D eigenvalue weighted by atomic mass is 10.2. The number of nitrogens with zero attached hydrogens (tertiary/aromatic N) is 1. The first-order valence-corrected chi connectivity index (χ1v) is 6.82. The number of rotatable bonds is 6. The van der Waals surface area contributed by atoms with E-state index in [0.717, 1.165) is 30.4 Å². The SMILES string of the molecule is CC(C)CNCc1cc(Oc2cc(F)cc(F)c2)ccn1. The van der Waals surface area contributed by atoms with E-state index in [0.29, 0.717) is 18.2 Å². The van der Waals surface area contributed by atoms with Gasteiger partial charge in [0.1, 0.15) is 23.1 Å². The van der Waals surface area contributed by atoms with Crippen LogP contribution in [0.1, 0.15) is 19.5 Å². The molecule has 112 valence electrons. The summed E-state index contributed by atoms with van der Waals surface area (Å²) in [6, 6.07) is 6.48. The molecule has 0 amide bonds. The van der Waals surface area contributed by atoms with Gasteiger partial charge in [-0.2, -0.15) is 0 Å². The van der Waals surface area contributed by atoms with Gasteiger partial charge in [-0.05, 0) is 18.5 Å². The lowest BCUT2D eigenvalue weighted by molar-refractivity contribution is 0.466. The first kappa shape index (κ1) is 15.4. The van der Waals surface area contributed by atoms with Crippen molar-refractivity contribution >= 4 is 0 Å². The number of benzene rings is 1. The van der Waals surface area contributed by atoms with Gasteiger partial charge in [0.25, 0.3) is 0 Å². The van der Waals surface area contributed by atoms with Crippen LogP contribution in [0.5, 0.6) is 11.5 Å². The maximum atomic E-state index is 13.1. The van der Waals surface area contributed by atoms with Crippen molar-refractivity contribution in [2.24, 2.45) is 5.92 Å². The van der Waals surface area contributed by atoms with Crippen molar-refractivity contribution in [1.82, 2.24) is 10.3 Å². The summed E-state index contributed by atoms with van der Waals surface area (Å²) in [7, 11) is 0. The Kier molecular flexibility index (Phi) is 5.22. The summed E-state index contributed by atoms with van der Waals surface area (Å²) in [5, 5.41) is 3.27. The molecule has 0 atom stereocenters. The average Bonchev–Trinajstić information content (AvgIpc) is 2.37. The third-order valence-electron chi connectivity index (χ3n) is 2.72. The van der Waals surface area contributed by atoms with Crippen molar-refractivity contribution < 1.29 is 13.5 Å². The van der Waals surface area contributed by atoms with Crippen LogP contribution in [0.25, 0.3) is 0 Å². The molecule has 0 spiro atoms. The Morgan fingerprint density at radius 2 is 1.81 bits per heavy atom. The van der Waals surface area contributed by atoms with Gasteiger partial charge in [0.15, 0.2) is 0 Å². The van der Waals surface area contributed by atoms with E-state index in [1.165, 1.54) is 0 Å². The number of halogens is 2. The van der Waals surface area contributed by atoms with Gasteiger partial charge >= 0.3 is 0 Å². The van der Waals surface area contributed by atoms with Crippen molar-refractivity contribution in [3.05, 3.63) is 53.9 Å². The molecule has 2 rings (SSSR count). The molecule has 0 unspecified atom stereocenters. The van der Waals surface area contributed by atoms with Crippen molar-refractivity contribution in [3.63, 3.8) is 0 Å². The molecule has 1 aromatic heterocycles. The van der Waals surface area contributed by atoms with E-state index in [4.69, 9.17) is 4.74 Å². The molecule has 5 heteroatoms. The maximum Gasteiger partial charge on any atom is 0.133 e. The van der Waals surface area contributed by atoms with Crippen LogP contribution in [0.15, 0.2) is 36.5 Å². The first-order valence-electron chi connectivity index (χ1n) is 6.82. The quantitative estimate of drug-likeness (QED) is 0.877. The Bertz CT molecular complexity index is 582. The molecule has 1 N–H and O–H groups in total. The molecule has 1 aromatic carbocycles. The Labute approximate surface area is 123 Å². The lowest BCUT2D eigenvalue weighted by Crippen LogP contribution is -2.19. The molecule has 0 fully saturated rings. The van der Waals surface area contributed by atoms with Gasteiger partial charge in [-0.15, -0.1) is 0 Å². The highest BCUT2D eigenvalue weighted by atomic mass is 19.1. The molecule has 0 aliphatic heterocycles. The summed E-state index contributed by atoms with van der Waals surface area (Å²) in [5.41, 5.74) is 0.810. The molecule has 1 heterocycles. The topological polar surface area (TPSA) is 34.1 Å². The molecule has 0 saturated heterocycles. The summed E-state index contributed by atoms with van der Waals surface area (Å²) in [6.45, 7) is 5.76. The Hall–Kier alpha value is -2.01. The molecular weight excluding hydrogens is 274 g/mol. The second kappa shape index (κ2) is 7.13. The zero-order chi connectivity index (χ0) is 15.2. The van der Waals surface area contributed by atoms with E-state index < -0.39 is 11.6 Å². The number of hydrogen-bond donors (Lipinski definition) is 1. The van der Waals surface area contributed by atoms with Crippen molar-refractivity contribution in [1.29, 1.82) is 0 Å². The standard InChI is InChI=1S/C16H18F2N2O/c1-11(2)9-19-10-14-8-15(3-4-20-14)21-16-6-12(17)5-13(18)7-16/h3-8,11,19H,9-10H2,1-2H3. The Morgan fingerprint density at radius 3 is 2.48 bits per heavy atom. The van der Waals surface area contributed by atoms with E-state index >= 15 is 0 Å². The smallest absolute Gasteiger partial charge is 0.133 e. The summed E-state index contributed by atoms with van der Waals surface area (Å²) in [4.78, 5) is 4.22. The molecule has 0 radical (unpaired) electrons. The summed E-state index contributed by atoms with van der Waals surface area (Å²) in [6.07, 6.45) is 1.61. The predicted molar refractivity (Wildman–Crippen MR) is 77.2 cm³/mol. The van der Waals surface area contributed by atoms with Gasteiger partial charge in [-0.25, -0.2) is 8.78 Å². The van der Waals surface area contributed by atoms with E-state index in [-0.39, 0.29) is 5.75 Å². The molecule has 3 nitrogen and oxygen atoms in total. The van der Waals surface area contributed by atoms with Crippen LogP contribution in [0.2, 0.25) is 0 Å². The number of aromatic nitrogens is 1. The highest BCUT2D eigenvalue weighted by Crippen LogP contribution is 2.23. The molecule has 2 aromatic rings. The third-order valence-corrected chi connectivity index (χ3v) is 2.72. The fourth-order valence-corrected chi connectivity index (χ4v) is 1.83. The van der Waals surface area contributed by atoms with Crippen LogP contribution in [0.4, 0.5) is 8.78 Å². The van der Waals surface area contributed by atoms with Crippen LogP contribution >= 0.6 is 0 Å². The van der Waals surface area contributed by atoms with Crippen molar-refractivity contribution in [3.8, 4) is 11.5 Å². The number of ether oxygens (including phenoxy) is 1. The minimum absolute atomic E-state index is 0.125. The zero-order valence-electron chi connectivity index (χ0n) is 12.1. The zero-order valence-corrected chi connectivity index (χ0v) is 12.1. The summed E-state index contributed by atoms with van der Waals surface area (Å²) < 4.78 is 31.7. The van der Waals surface area contributed by atoms with Gasteiger partial charge in [-0.1, -0.05) is 13.8 Å². The third kappa shape index (κ3) is 5.11. The molecule has 0 bridgehead atoms. The average molecular weight is 292 g/mol. The summed E-state index contributed by atoms with van der Waals surface area (Å²) >= 11 is 0. The molecule has 0 saturated carbocycles. The highest BCUT2D eigenvalue weighted by molar-refractivity contribution is 5.32. The lowest BCUT2D eigenvalue weighted by Gasteiger charge is -2.09. The highest BCUT2D eigenvalue weighted by Gasteiger charge is 2.04. The van der Waals surface area contributed by atoms with E-state index in [1.807, 2.05) is 0 Å². The van der Waals surface area contributed by atoms with E-state index in [2.05, 4.69) is 24.1 Å². The normalized spacial score (nSPS) is 10.9. The number of pyridine rings is 1. The molecular formula is C16H18F2N2O. The number of hydrogen-bond acceptors (Lipinski definition) is 3. The van der Waals surface area contributed by atoms with Crippen LogP contribution in [0, 0.1) is 17.6 Å². The second-order valence-corrected chi connectivity index (χ2v) is 5.21. The second-order valence-electron chi connectivity index (χ2n) is 5.21. The Morgan fingerprint density at radius 1 is 1.10 bits per heavy atom. The summed E-state index contributed by atoms with van der Waals surface area (Å²) in [5.74, 6) is -0.161. The van der Waals surface area contributed by atoms with Gasteiger partial charge in [0.05, 0.1) is 5.69 Å². The van der Waals surface area contributed by atoms with Crippen molar-refractivity contribution in [2.45, 2.75) is 20.4 Å². The molecule has 0 aliphatic rings. The number of nitrogens with one attached hydrogen (secondary N) is 1. The van der Waals surface area contributed by atoms with Gasteiger partial charge < -0.3 is 10.1 Å². The predicted octanol–water partition coefficient (Wildman–Crippen LogP) is 3.90. The van der Waals surface area contributed by atoms with Crippen LogP contribution in [-0.4, -0.2) is 11.5 Å². The molecule has 0 aliphatic carbocycles. The monoisotopic (exact) mass is 292 g/mol. The fourth-order valence-electron chi connectivity index (χ4n) is 1.83.